The van der Waals surface area contributed by atoms with Gasteiger partial charge in [-0.25, -0.2) is 4.68 Å². The number of aliphatic hydroxyl groups is 1. The summed E-state index contributed by atoms with van der Waals surface area (Å²) in [7, 11) is 0. The van der Waals surface area contributed by atoms with E-state index in [0.29, 0.717) is 24.6 Å². The van der Waals surface area contributed by atoms with Crippen molar-refractivity contribution in [3.05, 3.63) is 41.2 Å². The minimum atomic E-state index is -0.189. The Morgan fingerprint density at radius 1 is 1.32 bits per heavy atom. The molecule has 2 N–H and O–H groups in total. The number of benzene rings is 1. The molecule has 0 unspecified atom stereocenters. The van der Waals surface area contributed by atoms with Crippen molar-refractivity contribution in [1.82, 2.24) is 20.3 Å². The van der Waals surface area contributed by atoms with E-state index < -0.39 is 0 Å². The van der Waals surface area contributed by atoms with Gasteiger partial charge in [-0.05, 0) is 43.7 Å². The van der Waals surface area contributed by atoms with E-state index in [9.17, 15) is 4.79 Å². The standard InChI is InChI=1S/C19H26N4O2/c1-13-4-8-15(9-5-13)23-17(14-6-7-14)16(21-22-23)18(25)20-12-19(2,3)10-11-24/h4-5,8-9,14,24H,6-7,10-12H2,1-3H3,(H,20,25). The molecule has 6 heteroatoms. The molecule has 0 atom stereocenters. The Morgan fingerprint density at radius 3 is 2.60 bits per heavy atom. The molecule has 25 heavy (non-hydrogen) atoms. The van der Waals surface area contributed by atoms with Crippen molar-refractivity contribution in [2.75, 3.05) is 13.2 Å². The SMILES string of the molecule is Cc1ccc(-n2nnc(C(=O)NCC(C)(C)CCO)c2C2CC2)cc1. The van der Waals surface area contributed by atoms with Crippen LogP contribution in [-0.4, -0.2) is 39.2 Å². The smallest absolute Gasteiger partial charge is 0.273 e. The van der Waals surface area contributed by atoms with E-state index in [1.165, 1.54) is 5.56 Å². The highest BCUT2D eigenvalue weighted by atomic mass is 16.3. The minimum absolute atomic E-state index is 0.111. The van der Waals surface area contributed by atoms with Gasteiger partial charge in [0.1, 0.15) is 0 Å². The number of nitrogens with one attached hydrogen (secondary N) is 1. The fourth-order valence-electron chi connectivity index (χ4n) is 2.84. The largest absolute Gasteiger partial charge is 0.396 e. The Hall–Kier alpha value is -2.21. The van der Waals surface area contributed by atoms with E-state index in [0.717, 1.165) is 24.2 Å². The van der Waals surface area contributed by atoms with Crippen LogP contribution >= 0.6 is 0 Å². The van der Waals surface area contributed by atoms with Gasteiger partial charge in [0.05, 0.1) is 11.4 Å². The predicted octanol–water partition coefficient (Wildman–Crippen LogP) is 2.59. The monoisotopic (exact) mass is 342 g/mol. The molecule has 1 fully saturated rings. The number of aliphatic hydroxyl groups excluding tert-OH is 1. The predicted molar refractivity (Wildman–Crippen MR) is 95.9 cm³/mol. The molecule has 0 radical (unpaired) electrons. The number of hydrogen-bond acceptors (Lipinski definition) is 4. The van der Waals surface area contributed by atoms with Gasteiger partial charge in [-0.15, -0.1) is 5.10 Å². The van der Waals surface area contributed by atoms with Crippen LogP contribution in [-0.2, 0) is 0 Å². The summed E-state index contributed by atoms with van der Waals surface area (Å²) in [6, 6.07) is 8.07. The Bertz CT molecular complexity index is 745. The highest BCUT2D eigenvalue weighted by Crippen LogP contribution is 2.42. The molecule has 6 nitrogen and oxygen atoms in total. The lowest BCUT2D eigenvalue weighted by atomic mass is 9.90. The highest BCUT2D eigenvalue weighted by molar-refractivity contribution is 5.93. The van der Waals surface area contributed by atoms with Gasteiger partial charge >= 0.3 is 0 Å². The lowest BCUT2D eigenvalue weighted by Gasteiger charge is -2.23. The van der Waals surface area contributed by atoms with Crippen LogP contribution in [0.5, 0.6) is 0 Å². The molecule has 1 aromatic heterocycles. The summed E-state index contributed by atoms with van der Waals surface area (Å²) in [6.07, 6.45) is 2.77. The van der Waals surface area contributed by atoms with Gasteiger partial charge in [0, 0.05) is 19.1 Å². The Morgan fingerprint density at radius 2 is 2.00 bits per heavy atom. The number of nitrogens with zero attached hydrogens (tertiary/aromatic N) is 3. The van der Waals surface area contributed by atoms with Crippen molar-refractivity contribution in [3.8, 4) is 5.69 Å². The van der Waals surface area contributed by atoms with E-state index >= 15 is 0 Å². The maximum Gasteiger partial charge on any atom is 0.273 e. The molecule has 1 saturated carbocycles. The van der Waals surface area contributed by atoms with Crippen molar-refractivity contribution in [3.63, 3.8) is 0 Å². The number of carbonyl (C=O) groups is 1. The van der Waals surface area contributed by atoms with Gasteiger partial charge in [0.15, 0.2) is 5.69 Å². The third kappa shape index (κ3) is 4.07. The summed E-state index contributed by atoms with van der Waals surface area (Å²) in [5.74, 6) is 0.161. The van der Waals surface area contributed by atoms with E-state index in [4.69, 9.17) is 5.11 Å². The van der Waals surface area contributed by atoms with Crippen LogP contribution in [0.1, 0.15) is 60.8 Å². The van der Waals surface area contributed by atoms with Crippen molar-refractivity contribution >= 4 is 5.91 Å². The first kappa shape index (κ1) is 17.6. The zero-order chi connectivity index (χ0) is 18.0. The van der Waals surface area contributed by atoms with E-state index in [2.05, 4.69) is 15.6 Å². The minimum Gasteiger partial charge on any atom is -0.396 e. The average Bonchev–Trinajstić information content (AvgIpc) is 3.32. The highest BCUT2D eigenvalue weighted by Gasteiger charge is 2.34. The fraction of sp³-hybridized carbons (Fsp3) is 0.526. The molecule has 2 aromatic rings. The molecular formula is C19H26N4O2. The molecule has 0 bridgehead atoms. The van der Waals surface area contributed by atoms with Crippen molar-refractivity contribution < 1.29 is 9.90 Å². The van der Waals surface area contributed by atoms with Crippen LogP contribution < -0.4 is 5.32 Å². The second-order valence-electron chi connectivity index (χ2n) is 7.67. The summed E-state index contributed by atoms with van der Waals surface area (Å²) < 4.78 is 1.80. The second-order valence-corrected chi connectivity index (χ2v) is 7.67. The summed E-state index contributed by atoms with van der Waals surface area (Å²) in [4.78, 5) is 12.7. The molecule has 1 aromatic carbocycles. The summed E-state index contributed by atoms with van der Waals surface area (Å²) in [6.45, 7) is 6.69. The number of hydrogen-bond donors (Lipinski definition) is 2. The third-order valence-corrected chi connectivity index (χ3v) is 4.68. The Kier molecular flexibility index (Phi) is 4.90. The number of carbonyl (C=O) groups excluding carboxylic acids is 1. The first-order valence-corrected chi connectivity index (χ1v) is 8.83. The van der Waals surface area contributed by atoms with Crippen LogP contribution in [0.15, 0.2) is 24.3 Å². The van der Waals surface area contributed by atoms with Crippen molar-refractivity contribution in [2.24, 2.45) is 5.41 Å². The lowest BCUT2D eigenvalue weighted by Crippen LogP contribution is -2.35. The average molecular weight is 342 g/mol. The van der Waals surface area contributed by atoms with Crippen LogP contribution in [0.3, 0.4) is 0 Å². The fourth-order valence-corrected chi connectivity index (χ4v) is 2.84. The lowest BCUT2D eigenvalue weighted by molar-refractivity contribution is 0.0922. The normalized spacial score (nSPS) is 14.6. The van der Waals surface area contributed by atoms with Crippen LogP contribution in [0.4, 0.5) is 0 Å². The quantitative estimate of drug-likeness (QED) is 0.810. The number of aryl methyl sites for hydroxylation is 1. The molecule has 134 valence electrons. The molecule has 0 saturated heterocycles. The second kappa shape index (κ2) is 6.96. The molecule has 1 heterocycles. The molecule has 1 aliphatic rings. The first-order valence-electron chi connectivity index (χ1n) is 8.83. The van der Waals surface area contributed by atoms with Crippen LogP contribution in [0.25, 0.3) is 5.69 Å². The van der Waals surface area contributed by atoms with Crippen molar-refractivity contribution in [1.29, 1.82) is 0 Å². The van der Waals surface area contributed by atoms with E-state index in [1.54, 1.807) is 4.68 Å². The summed E-state index contributed by atoms with van der Waals surface area (Å²) in [5.41, 5.74) is 3.28. The van der Waals surface area contributed by atoms with Crippen LogP contribution in [0, 0.1) is 12.3 Å². The summed E-state index contributed by atoms with van der Waals surface area (Å²) in [5, 5.41) is 20.5. The van der Waals surface area contributed by atoms with Gasteiger partial charge in [-0.1, -0.05) is 36.8 Å². The molecular weight excluding hydrogens is 316 g/mol. The van der Waals surface area contributed by atoms with Gasteiger partial charge in [0.25, 0.3) is 5.91 Å². The van der Waals surface area contributed by atoms with Gasteiger partial charge < -0.3 is 10.4 Å². The number of aromatic nitrogens is 3. The van der Waals surface area contributed by atoms with Gasteiger partial charge in [-0.2, -0.15) is 0 Å². The third-order valence-electron chi connectivity index (χ3n) is 4.68. The Labute approximate surface area is 148 Å². The maximum atomic E-state index is 12.7. The molecule has 1 aliphatic carbocycles. The maximum absolute atomic E-state index is 12.7. The van der Waals surface area contributed by atoms with Crippen molar-refractivity contribution in [2.45, 2.75) is 46.0 Å². The molecule has 3 rings (SSSR count). The number of amides is 1. The topological polar surface area (TPSA) is 80.0 Å². The Balaban J connectivity index is 1.82. The van der Waals surface area contributed by atoms with Gasteiger partial charge in [-0.3, -0.25) is 4.79 Å². The molecule has 0 spiro atoms. The first-order chi connectivity index (χ1) is 11.9. The zero-order valence-electron chi connectivity index (χ0n) is 15.1. The molecule has 0 aliphatic heterocycles. The van der Waals surface area contributed by atoms with E-state index in [1.807, 2.05) is 45.0 Å². The number of rotatable bonds is 7. The molecule has 1 amide bonds. The zero-order valence-corrected chi connectivity index (χ0v) is 15.1. The van der Waals surface area contributed by atoms with E-state index in [-0.39, 0.29) is 17.9 Å². The van der Waals surface area contributed by atoms with Gasteiger partial charge in [0.2, 0.25) is 0 Å². The summed E-state index contributed by atoms with van der Waals surface area (Å²) >= 11 is 0. The van der Waals surface area contributed by atoms with Crippen LogP contribution in [0.2, 0.25) is 0 Å².